The van der Waals surface area contributed by atoms with E-state index in [9.17, 15) is 0 Å². The highest BCUT2D eigenvalue weighted by atomic mass is 14.8. The lowest BCUT2D eigenvalue weighted by Crippen LogP contribution is -1.85. The van der Waals surface area contributed by atoms with E-state index in [0.717, 1.165) is 5.52 Å². The molecule has 60 valence electrons. The zero-order valence-corrected chi connectivity index (χ0v) is 7.49. The van der Waals surface area contributed by atoms with Gasteiger partial charge in [0, 0.05) is 5.52 Å². The van der Waals surface area contributed by atoms with E-state index in [4.69, 9.17) is 7.98 Å². The van der Waals surface area contributed by atoms with Crippen LogP contribution in [-0.4, -0.2) is 12.5 Å². The van der Waals surface area contributed by atoms with Crippen molar-refractivity contribution in [3.05, 3.63) is 36.5 Å². The first-order valence-electron chi connectivity index (χ1n) is 4.19. The fourth-order valence-corrected chi connectivity index (χ4v) is 1.10. The Labute approximate surface area is 74.4 Å². The van der Waals surface area contributed by atoms with Gasteiger partial charge in [-0.2, -0.15) is 0 Å². The van der Waals surface area contributed by atoms with Crippen LogP contribution in [0.1, 0.15) is 13.8 Å². The molecule has 0 fully saturated rings. The number of fused-ring (bicyclic) bond motifs is 1. The van der Waals surface area contributed by atoms with Crippen molar-refractivity contribution >= 4 is 18.9 Å². The van der Waals surface area contributed by atoms with Gasteiger partial charge in [0.2, 0.25) is 7.98 Å². The summed E-state index contributed by atoms with van der Waals surface area (Å²) in [6, 6.07) is 10.0. The summed E-state index contributed by atoms with van der Waals surface area (Å²) in [6.07, 6.45) is 1.85. The summed E-state index contributed by atoms with van der Waals surface area (Å²) in [4.78, 5) is 0. The largest absolute Gasteiger partial charge is 0.403 e. The second-order valence-corrected chi connectivity index (χ2v) is 2.28. The van der Waals surface area contributed by atoms with Crippen LogP contribution < -0.4 is 0 Å². The summed E-state index contributed by atoms with van der Waals surface area (Å²) in [6.45, 7) is 4.00. The van der Waals surface area contributed by atoms with E-state index < -0.39 is 0 Å². The third-order valence-corrected chi connectivity index (χ3v) is 1.63. The summed E-state index contributed by atoms with van der Waals surface area (Å²) >= 11 is 0. The van der Waals surface area contributed by atoms with Gasteiger partial charge in [-0.3, -0.25) is 0 Å². The first-order chi connectivity index (χ1) is 5.88. The van der Waals surface area contributed by atoms with Gasteiger partial charge in [-0.15, -0.1) is 0 Å². The van der Waals surface area contributed by atoms with Crippen LogP contribution in [-0.2, 0) is 0 Å². The van der Waals surface area contributed by atoms with Gasteiger partial charge in [0.1, 0.15) is 0 Å². The SMILES string of the molecule is CC.[B]n1ccc2ccccc21. The van der Waals surface area contributed by atoms with Gasteiger partial charge in [0.15, 0.2) is 0 Å². The van der Waals surface area contributed by atoms with Crippen LogP contribution in [0.5, 0.6) is 0 Å². The van der Waals surface area contributed by atoms with Crippen molar-refractivity contribution in [2.45, 2.75) is 13.8 Å². The van der Waals surface area contributed by atoms with E-state index in [1.54, 1.807) is 4.48 Å². The molecular weight excluding hydrogens is 145 g/mol. The van der Waals surface area contributed by atoms with Crippen LogP contribution in [0.15, 0.2) is 36.5 Å². The highest BCUT2D eigenvalue weighted by molar-refractivity contribution is 6.11. The van der Waals surface area contributed by atoms with Crippen LogP contribution in [0.2, 0.25) is 0 Å². The van der Waals surface area contributed by atoms with Crippen molar-refractivity contribution in [2.24, 2.45) is 0 Å². The summed E-state index contributed by atoms with van der Waals surface area (Å²) in [5.74, 6) is 0. The Morgan fingerprint density at radius 1 is 1.08 bits per heavy atom. The number of hydrogen-bond acceptors (Lipinski definition) is 0. The molecule has 1 aromatic carbocycles. The Hall–Kier alpha value is -1.18. The fourth-order valence-electron chi connectivity index (χ4n) is 1.10. The van der Waals surface area contributed by atoms with E-state index in [2.05, 4.69) is 0 Å². The van der Waals surface area contributed by atoms with Gasteiger partial charge in [-0.05, 0) is 23.7 Å². The Morgan fingerprint density at radius 2 is 1.75 bits per heavy atom. The number of hydrogen-bond donors (Lipinski definition) is 0. The van der Waals surface area contributed by atoms with E-state index in [1.165, 1.54) is 5.39 Å². The molecule has 0 aliphatic heterocycles. The molecule has 0 saturated carbocycles. The van der Waals surface area contributed by atoms with Crippen molar-refractivity contribution in [3.8, 4) is 0 Å². The minimum absolute atomic E-state index is 1.07. The molecule has 0 bridgehead atoms. The monoisotopic (exact) mass is 157 g/mol. The van der Waals surface area contributed by atoms with Crippen LogP contribution in [0, 0.1) is 0 Å². The average molecular weight is 157 g/mol. The molecule has 2 aromatic rings. The normalized spacial score (nSPS) is 9.17. The van der Waals surface area contributed by atoms with Crippen molar-refractivity contribution < 1.29 is 0 Å². The Bertz CT molecular complexity index is 351. The zero-order chi connectivity index (χ0) is 8.97. The predicted octanol–water partition coefficient (Wildman–Crippen LogP) is 2.60. The van der Waals surface area contributed by atoms with Gasteiger partial charge < -0.3 is 4.48 Å². The summed E-state index contributed by atoms with van der Waals surface area (Å²) in [5.41, 5.74) is 1.07. The smallest absolute Gasteiger partial charge is 0.234 e. The van der Waals surface area contributed by atoms with Crippen molar-refractivity contribution in [2.75, 3.05) is 0 Å². The van der Waals surface area contributed by atoms with E-state index >= 15 is 0 Å². The Balaban J connectivity index is 0.000000336. The highest BCUT2D eigenvalue weighted by Gasteiger charge is 1.92. The van der Waals surface area contributed by atoms with E-state index in [1.807, 2.05) is 50.4 Å². The molecule has 0 unspecified atom stereocenters. The Morgan fingerprint density at radius 3 is 2.42 bits per heavy atom. The third kappa shape index (κ3) is 1.52. The molecule has 0 N–H and O–H groups in total. The van der Waals surface area contributed by atoms with Crippen LogP contribution in [0.3, 0.4) is 0 Å². The molecule has 0 aliphatic carbocycles. The third-order valence-electron chi connectivity index (χ3n) is 1.63. The number of nitrogens with zero attached hydrogens (tertiary/aromatic N) is 1. The molecule has 0 saturated heterocycles. The van der Waals surface area contributed by atoms with Crippen molar-refractivity contribution in [1.29, 1.82) is 0 Å². The number of aromatic nitrogens is 1. The van der Waals surface area contributed by atoms with Gasteiger partial charge in [-0.25, -0.2) is 0 Å². The molecule has 2 rings (SSSR count). The molecule has 0 spiro atoms. The maximum absolute atomic E-state index is 5.59. The number of rotatable bonds is 0. The molecule has 2 radical (unpaired) electrons. The minimum atomic E-state index is 1.07. The maximum atomic E-state index is 5.59. The standard InChI is InChI=1S/C8H6BN.C2H6/c9-10-6-5-7-3-1-2-4-8(7)10;1-2/h1-6H;1-2H3. The maximum Gasteiger partial charge on any atom is 0.234 e. The Kier molecular flexibility index (Phi) is 2.97. The molecule has 1 aromatic heterocycles. The lowest BCUT2D eigenvalue weighted by atomic mass is 10.2. The molecule has 1 nitrogen and oxygen atoms in total. The quantitative estimate of drug-likeness (QED) is 0.518. The molecule has 0 atom stereocenters. The van der Waals surface area contributed by atoms with Gasteiger partial charge in [0.25, 0.3) is 0 Å². The first kappa shape index (κ1) is 8.92. The summed E-state index contributed by atoms with van der Waals surface area (Å²) < 4.78 is 1.62. The summed E-state index contributed by atoms with van der Waals surface area (Å²) in [7, 11) is 5.59. The second-order valence-electron chi connectivity index (χ2n) is 2.28. The van der Waals surface area contributed by atoms with Crippen molar-refractivity contribution in [3.63, 3.8) is 0 Å². The zero-order valence-electron chi connectivity index (χ0n) is 7.49. The highest BCUT2D eigenvalue weighted by Crippen LogP contribution is 2.12. The predicted molar refractivity (Wildman–Crippen MR) is 54.4 cm³/mol. The lowest BCUT2D eigenvalue weighted by molar-refractivity contribution is 1.32. The number of para-hydroxylation sites is 1. The summed E-state index contributed by atoms with van der Waals surface area (Å²) in [5, 5.41) is 1.19. The average Bonchev–Trinajstić information content (AvgIpc) is 2.53. The molecule has 2 heteroatoms. The van der Waals surface area contributed by atoms with E-state index in [-0.39, 0.29) is 0 Å². The second kappa shape index (κ2) is 4.00. The molecule has 1 heterocycles. The van der Waals surface area contributed by atoms with Gasteiger partial charge >= 0.3 is 0 Å². The first-order valence-corrected chi connectivity index (χ1v) is 4.19. The van der Waals surface area contributed by atoms with E-state index in [0.29, 0.717) is 0 Å². The van der Waals surface area contributed by atoms with Gasteiger partial charge in [-0.1, -0.05) is 32.0 Å². The van der Waals surface area contributed by atoms with Crippen LogP contribution in [0.25, 0.3) is 10.9 Å². The van der Waals surface area contributed by atoms with Crippen LogP contribution in [0.4, 0.5) is 0 Å². The molecule has 0 amide bonds. The minimum Gasteiger partial charge on any atom is -0.403 e. The lowest BCUT2D eigenvalue weighted by Gasteiger charge is -1.92. The molecule has 0 aliphatic rings. The fraction of sp³-hybridized carbons (Fsp3) is 0.200. The topological polar surface area (TPSA) is 4.93 Å². The van der Waals surface area contributed by atoms with Crippen molar-refractivity contribution in [1.82, 2.24) is 4.48 Å². The molecular formula is C10H12BN. The molecule has 12 heavy (non-hydrogen) atoms. The number of benzene rings is 1. The van der Waals surface area contributed by atoms with Crippen LogP contribution >= 0.6 is 0 Å². The van der Waals surface area contributed by atoms with Gasteiger partial charge in [0.05, 0.1) is 0 Å².